The Kier molecular flexibility index (Phi) is 48.3. The second kappa shape index (κ2) is 56.0. The molecule has 672 valence electrons. The van der Waals surface area contributed by atoms with E-state index in [2.05, 4.69) is 24.5 Å². The van der Waals surface area contributed by atoms with Crippen LogP contribution in [-0.4, -0.2) is 227 Å². The van der Waals surface area contributed by atoms with Gasteiger partial charge in [0.05, 0.1) is 37.8 Å². The number of carbonyl (C=O) groups excluding carboxylic acids is 14. The highest BCUT2D eigenvalue weighted by Gasteiger charge is 2.64. The van der Waals surface area contributed by atoms with Gasteiger partial charge in [0.25, 0.3) is 5.79 Å². The number of esters is 12. The number of methoxy groups -OCH3 is 1. The highest BCUT2D eigenvalue weighted by Crippen LogP contribution is 2.43. The molecule has 0 aromatic heterocycles. The second-order valence-corrected chi connectivity index (χ2v) is 30.1. The molecule has 2 amide bonds. The van der Waals surface area contributed by atoms with Gasteiger partial charge in [0.1, 0.15) is 62.5 Å². The second-order valence-electron chi connectivity index (χ2n) is 30.1. The smallest absolute Gasteiger partial charge is 0.366 e. The molecule has 0 unspecified atom stereocenters. The predicted molar refractivity (Wildman–Crippen MR) is 422 cm³/mol. The van der Waals surface area contributed by atoms with Crippen molar-refractivity contribution in [3.05, 3.63) is 48.0 Å². The molecule has 3 fully saturated rings. The lowest BCUT2D eigenvalue weighted by Gasteiger charge is -2.52. The Balaban J connectivity index is 1.97. The van der Waals surface area contributed by atoms with Crippen molar-refractivity contribution >= 4 is 83.4 Å². The summed E-state index contributed by atoms with van der Waals surface area (Å²) in [5.74, 6) is -17.5. The highest BCUT2D eigenvalue weighted by molar-refractivity contribution is 5.89. The topological polar surface area (TPSA) is 429 Å². The monoisotopic (exact) mass is 1690 g/mol. The summed E-state index contributed by atoms with van der Waals surface area (Å²) < 4.78 is 109. The van der Waals surface area contributed by atoms with Gasteiger partial charge in [0.2, 0.25) is 11.8 Å². The summed E-state index contributed by atoms with van der Waals surface area (Å²) >= 11 is 0. The number of benzene rings is 1. The Bertz CT molecular complexity index is 3370. The predicted octanol–water partition coefficient (Wildman–Crippen LogP) is 10.0. The molecule has 18 atom stereocenters. The van der Waals surface area contributed by atoms with E-state index in [1.54, 1.807) is 36.4 Å². The van der Waals surface area contributed by atoms with Crippen molar-refractivity contribution in [1.29, 1.82) is 0 Å². The standard InChI is InChI=1S/C85H130N2O32/c1-15-17-19-21-23-25-27-29-31-33-35-37-42-46-66(114-81(100)64-44-40-39-41-45-64)65(87-71(99)47-43-38-36-34-32-30-28-26-24-22-20-18-16-2)49-106-82-79(112-62(12)97)77(111-61(11)96)74(69(115-82)51-104-55(5)90)117-83-80(113-63(13)98)78(75(110-60(10)95)70(116-83)52-105-56(6)91)119-85(84(101)102-14)48-67(107-57(7)92)72(86-53(3)88)76(118-85)73(109-59(9)94)68(108-58(8)93)50-103-54(4)89/h39-42,44-46,65-70,72-80,82-83H,15-38,43,47-52H2,1-14H3,(H,86,88)(H,87,99)/b46-42+/t65-,66+,67-,68+,69+,70+,72+,73+,74+,75-,76+,77-,78-,79+,80+,82+,83-,85-/m0/s1. The fourth-order valence-corrected chi connectivity index (χ4v) is 14.3. The van der Waals surface area contributed by atoms with E-state index in [0.29, 0.717) is 12.8 Å². The first-order chi connectivity index (χ1) is 56.7. The summed E-state index contributed by atoms with van der Waals surface area (Å²) in [6.07, 6.45) is -1.07. The number of ether oxygens (including phenoxy) is 18. The molecule has 0 bridgehead atoms. The fraction of sp³-hybridized carbons (Fsp3) is 0.741. The maximum Gasteiger partial charge on any atom is 0.366 e. The van der Waals surface area contributed by atoms with Crippen molar-refractivity contribution in [3.63, 3.8) is 0 Å². The van der Waals surface area contributed by atoms with Gasteiger partial charge in [-0.3, -0.25) is 57.5 Å². The molecule has 3 aliphatic rings. The molecule has 0 radical (unpaired) electrons. The van der Waals surface area contributed by atoms with Gasteiger partial charge in [-0.05, 0) is 37.5 Å². The summed E-state index contributed by atoms with van der Waals surface area (Å²) in [4.78, 5) is 190. The van der Waals surface area contributed by atoms with E-state index >= 15 is 4.79 Å². The van der Waals surface area contributed by atoms with Crippen molar-refractivity contribution in [1.82, 2.24) is 10.6 Å². The van der Waals surface area contributed by atoms with E-state index in [1.165, 1.54) is 83.5 Å². The molecule has 119 heavy (non-hydrogen) atoms. The number of unbranched alkanes of at least 4 members (excludes halogenated alkanes) is 23. The summed E-state index contributed by atoms with van der Waals surface area (Å²) in [5, 5.41) is 5.56. The lowest BCUT2D eigenvalue weighted by molar-refractivity contribution is -0.387. The zero-order chi connectivity index (χ0) is 88.0. The first-order valence-corrected chi connectivity index (χ1v) is 41.8. The molecule has 0 spiro atoms. The maximum atomic E-state index is 15.1. The molecule has 1 aromatic carbocycles. The third-order valence-corrected chi connectivity index (χ3v) is 19.6. The van der Waals surface area contributed by atoms with Crippen LogP contribution in [0, 0.1) is 0 Å². The molecule has 1 aromatic rings. The largest absolute Gasteiger partial charge is 0.465 e. The van der Waals surface area contributed by atoms with Crippen LogP contribution < -0.4 is 10.6 Å². The quantitative estimate of drug-likeness (QED) is 0.0265. The zero-order valence-corrected chi connectivity index (χ0v) is 71.8. The van der Waals surface area contributed by atoms with Crippen LogP contribution in [0.2, 0.25) is 0 Å². The summed E-state index contributed by atoms with van der Waals surface area (Å²) in [7, 11) is 0.831. The normalized spacial score (nSPS) is 23.8. The Morgan fingerprint density at radius 3 is 1.42 bits per heavy atom. The van der Waals surface area contributed by atoms with Gasteiger partial charge in [-0.15, -0.1) is 0 Å². The molecule has 0 aliphatic carbocycles. The van der Waals surface area contributed by atoms with Crippen LogP contribution in [0.5, 0.6) is 0 Å². The lowest BCUT2D eigenvalue weighted by atomic mass is 9.87. The maximum absolute atomic E-state index is 15.1. The molecule has 3 heterocycles. The molecule has 34 heteroatoms. The average molecular weight is 1690 g/mol. The van der Waals surface area contributed by atoms with E-state index in [0.717, 1.165) is 147 Å². The Morgan fingerprint density at radius 2 is 0.941 bits per heavy atom. The number of carbonyl (C=O) groups is 14. The van der Waals surface area contributed by atoms with Gasteiger partial charge < -0.3 is 95.9 Å². The molecule has 4 rings (SSSR count). The fourth-order valence-electron chi connectivity index (χ4n) is 14.3. The highest BCUT2D eigenvalue weighted by atomic mass is 16.8. The summed E-state index contributed by atoms with van der Waals surface area (Å²) in [6, 6.07) is 5.10. The van der Waals surface area contributed by atoms with Crippen molar-refractivity contribution in [2.45, 2.75) is 373 Å². The van der Waals surface area contributed by atoms with Crippen molar-refractivity contribution in [2.75, 3.05) is 33.5 Å². The molecule has 2 N–H and O–H groups in total. The van der Waals surface area contributed by atoms with Crippen LogP contribution in [0.25, 0.3) is 0 Å². The third-order valence-electron chi connectivity index (χ3n) is 19.6. The molecular formula is C85H130N2O32. The van der Waals surface area contributed by atoms with Crippen LogP contribution in [0.4, 0.5) is 0 Å². The van der Waals surface area contributed by atoms with Gasteiger partial charge >= 0.3 is 71.6 Å². The van der Waals surface area contributed by atoms with Gasteiger partial charge in [-0.1, -0.05) is 179 Å². The number of amides is 2. The number of rotatable bonds is 55. The van der Waals surface area contributed by atoms with Gasteiger partial charge in [-0.25, -0.2) is 9.59 Å². The molecule has 3 aliphatic heterocycles. The Hall–Kier alpha value is -8.70. The Labute approximate surface area is 698 Å². The number of hydrogen-bond acceptors (Lipinski definition) is 32. The summed E-state index contributed by atoms with van der Waals surface area (Å²) in [5.41, 5.74) is 0.178. The van der Waals surface area contributed by atoms with Crippen LogP contribution in [0.15, 0.2) is 42.5 Å². The average Bonchev–Trinajstić information content (AvgIpc) is 0.740. The summed E-state index contributed by atoms with van der Waals surface area (Å²) in [6.45, 7) is 11.6. The number of nitrogens with one attached hydrogen (secondary N) is 2. The SMILES string of the molecule is CCCCCCCCCCCCC/C=C/[C@@H](OC(=O)c1ccccc1)[C@H](CO[C@@H]1O[C@H](COC(C)=O)[C@@H](O[C@@H]2O[C@H](COC(C)=O)[C@H](OC(C)=O)[C@H](O[C@]3(C(=O)OC)C[C@H](OC(C)=O)[C@@H](NC(C)=O)[C@H]([C@H](OC(C)=O)[C@@H](COC(C)=O)OC(C)=O)O3)[C@H]2OC(C)=O)[C@H](OC(C)=O)[C@H]1OC(C)=O)NC(=O)CCCCCCCCCCCCCCC. The van der Waals surface area contributed by atoms with Gasteiger partial charge in [0.15, 0.2) is 49.2 Å². The van der Waals surface area contributed by atoms with Crippen molar-refractivity contribution < 1.29 is 152 Å². The van der Waals surface area contributed by atoms with E-state index in [4.69, 9.17) is 85.3 Å². The van der Waals surface area contributed by atoms with E-state index in [-0.39, 0.29) is 12.0 Å². The minimum Gasteiger partial charge on any atom is -0.465 e. The van der Waals surface area contributed by atoms with Crippen LogP contribution >= 0.6 is 0 Å². The van der Waals surface area contributed by atoms with Crippen molar-refractivity contribution in [2.24, 2.45) is 0 Å². The number of allylic oxidation sites excluding steroid dienone is 1. The van der Waals surface area contributed by atoms with E-state index < -0.39 is 226 Å². The zero-order valence-electron chi connectivity index (χ0n) is 71.8. The molecule has 34 nitrogen and oxygen atoms in total. The van der Waals surface area contributed by atoms with E-state index in [9.17, 15) is 62.3 Å². The Morgan fingerprint density at radius 1 is 0.479 bits per heavy atom. The van der Waals surface area contributed by atoms with Crippen LogP contribution in [0.1, 0.15) is 274 Å². The van der Waals surface area contributed by atoms with E-state index in [1.807, 2.05) is 6.08 Å². The van der Waals surface area contributed by atoms with Crippen LogP contribution in [-0.2, 0) is 148 Å². The van der Waals surface area contributed by atoms with Crippen LogP contribution in [0.3, 0.4) is 0 Å². The number of hydrogen-bond donors (Lipinski definition) is 2. The first kappa shape index (κ1) is 103. The molecular weight excluding hydrogens is 1560 g/mol. The lowest BCUT2D eigenvalue weighted by Crippen LogP contribution is -2.72. The van der Waals surface area contributed by atoms with Gasteiger partial charge in [-0.2, -0.15) is 0 Å². The first-order valence-electron chi connectivity index (χ1n) is 41.8. The van der Waals surface area contributed by atoms with Gasteiger partial charge in [0, 0.05) is 82.6 Å². The minimum absolute atomic E-state index is 0.0512. The third kappa shape index (κ3) is 38.7. The minimum atomic E-state index is -3.23. The molecule has 0 saturated carbocycles. The molecule has 3 saturated heterocycles. The van der Waals surface area contributed by atoms with Crippen molar-refractivity contribution in [3.8, 4) is 0 Å².